The maximum atomic E-state index is 13.7. The normalized spacial score (nSPS) is 16.9. The first kappa shape index (κ1) is 24.6. The number of alkyl halides is 3. The Morgan fingerprint density at radius 3 is 2.53 bits per heavy atom. The summed E-state index contributed by atoms with van der Waals surface area (Å²) in [5.41, 5.74) is -0.532. The number of benzene rings is 1. The molecule has 0 saturated carbocycles. The average Bonchev–Trinajstić information content (AvgIpc) is 3.28. The Balaban J connectivity index is 1.57. The molecule has 1 aliphatic heterocycles. The van der Waals surface area contributed by atoms with Crippen LogP contribution < -0.4 is 10.1 Å². The number of unbranched alkanes of at least 4 members (excludes halogenated alkanes) is 7. The molecule has 178 valence electrons. The Morgan fingerprint density at radius 2 is 1.84 bits per heavy atom. The molecule has 0 radical (unpaired) electrons. The average molecular weight is 454 g/mol. The van der Waals surface area contributed by atoms with Crippen LogP contribution in [-0.4, -0.2) is 29.8 Å². The van der Waals surface area contributed by atoms with E-state index in [1.807, 2.05) is 0 Å². The van der Waals surface area contributed by atoms with Crippen LogP contribution in [0.15, 0.2) is 22.7 Å². The van der Waals surface area contributed by atoms with Crippen molar-refractivity contribution in [1.82, 2.24) is 15.5 Å². The molecule has 2 heterocycles. The fraction of sp³-hybridized carbons (Fsp3) is 0.667. The van der Waals surface area contributed by atoms with Crippen LogP contribution in [0.3, 0.4) is 0 Å². The molecule has 2 aromatic rings. The molecule has 1 aromatic carbocycles. The number of nitrogens with zero attached hydrogens (tertiary/aromatic N) is 2. The van der Waals surface area contributed by atoms with Gasteiger partial charge in [-0.2, -0.15) is 18.2 Å². The van der Waals surface area contributed by atoms with Gasteiger partial charge in [-0.3, -0.25) is 0 Å². The third-order valence-corrected chi connectivity index (χ3v) is 5.89. The quantitative estimate of drug-likeness (QED) is 0.361. The van der Waals surface area contributed by atoms with Crippen molar-refractivity contribution in [2.45, 2.75) is 83.2 Å². The molecule has 1 fully saturated rings. The number of piperidine rings is 1. The first-order valence-corrected chi connectivity index (χ1v) is 11.9. The summed E-state index contributed by atoms with van der Waals surface area (Å²) in [7, 11) is 0. The van der Waals surface area contributed by atoms with Crippen molar-refractivity contribution < 1.29 is 22.4 Å². The number of nitrogens with one attached hydrogen (secondary N) is 1. The van der Waals surface area contributed by atoms with Gasteiger partial charge in [-0.15, -0.1) is 0 Å². The first-order valence-electron chi connectivity index (χ1n) is 11.9. The highest BCUT2D eigenvalue weighted by molar-refractivity contribution is 5.59. The molecule has 0 spiro atoms. The van der Waals surface area contributed by atoms with Gasteiger partial charge in [0.05, 0.1) is 18.1 Å². The summed E-state index contributed by atoms with van der Waals surface area (Å²) in [5.74, 6) is 0.590. The Morgan fingerprint density at radius 1 is 1.09 bits per heavy atom. The second kappa shape index (κ2) is 12.2. The lowest BCUT2D eigenvalue weighted by Gasteiger charge is -2.18. The summed E-state index contributed by atoms with van der Waals surface area (Å²) < 4.78 is 51.8. The van der Waals surface area contributed by atoms with Crippen LogP contribution in [0.5, 0.6) is 5.75 Å². The van der Waals surface area contributed by atoms with Crippen LogP contribution in [0.1, 0.15) is 88.5 Å². The maximum absolute atomic E-state index is 13.7. The van der Waals surface area contributed by atoms with Gasteiger partial charge in [-0.1, -0.05) is 57.0 Å². The van der Waals surface area contributed by atoms with E-state index in [9.17, 15) is 13.2 Å². The summed E-state index contributed by atoms with van der Waals surface area (Å²) in [5, 5.41) is 7.18. The summed E-state index contributed by atoms with van der Waals surface area (Å²) in [4.78, 5) is 4.35. The van der Waals surface area contributed by atoms with Crippen LogP contribution in [-0.2, 0) is 6.18 Å². The fourth-order valence-electron chi connectivity index (χ4n) is 4.02. The van der Waals surface area contributed by atoms with Gasteiger partial charge in [0.2, 0.25) is 11.7 Å². The van der Waals surface area contributed by atoms with Crippen molar-refractivity contribution in [2.24, 2.45) is 0 Å². The smallest absolute Gasteiger partial charge is 0.419 e. The van der Waals surface area contributed by atoms with Crippen molar-refractivity contribution in [3.05, 3.63) is 29.7 Å². The van der Waals surface area contributed by atoms with E-state index in [4.69, 9.17) is 9.26 Å². The molecule has 5 nitrogen and oxygen atoms in total. The molecule has 1 aromatic heterocycles. The molecule has 8 heteroatoms. The topological polar surface area (TPSA) is 60.2 Å². The molecule has 32 heavy (non-hydrogen) atoms. The van der Waals surface area contributed by atoms with Gasteiger partial charge < -0.3 is 14.6 Å². The van der Waals surface area contributed by atoms with Gasteiger partial charge in [-0.05, 0) is 44.0 Å². The molecular formula is C24H34F3N3O2. The summed E-state index contributed by atoms with van der Waals surface area (Å²) in [6, 6.07) is 3.98. The second-order valence-corrected chi connectivity index (χ2v) is 8.53. The molecule has 1 atom stereocenters. The number of halogens is 3. The lowest BCUT2D eigenvalue weighted by molar-refractivity contribution is -0.138. The number of aromatic nitrogens is 2. The van der Waals surface area contributed by atoms with E-state index >= 15 is 0 Å². The van der Waals surface area contributed by atoms with E-state index in [2.05, 4.69) is 22.4 Å². The van der Waals surface area contributed by atoms with Gasteiger partial charge in [0.25, 0.3) is 0 Å². The van der Waals surface area contributed by atoms with Crippen molar-refractivity contribution in [3.8, 4) is 17.1 Å². The molecule has 1 N–H and O–H groups in total. The zero-order valence-electron chi connectivity index (χ0n) is 18.8. The lowest BCUT2D eigenvalue weighted by atomic mass is 10.00. The minimum Gasteiger partial charge on any atom is -0.493 e. The largest absolute Gasteiger partial charge is 0.493 e. The lowest BCUT2D eigenvalue weighted by Crippen LogP contribution is -2.28. The van der Waals surface area contributed by atoms with Crippen LogP contribution in [0, 0.1) is 0 Å². The van der Waals surface area contributed by atoms with Crippen molar-refractivity contribution >= 4 is 0 Å². The van der Waals surface area contributed by atoms with Gasteiger partial charge >= 0.3 is 6.18 Å². The maximum Gasteiger partial charge on any atom is 0.419 e. The van der Waals surface area contributed by atoms with Crippen molar-refractivity contribution in [2.75, 3.05) is 19.7 Å². The zero-order chi connectivity index (χ0) is 22.8. The van der Waals surface area contributed by atoms with Gasteiger partial charge in [0, 0.05) is 12.1 Å². The number of hydrogen-bond acceptors (Lipinski definition) is 5. The first-order chi connectivity index (χ1) is 15.5. The predicted octanol–water partition coefficient (Wildman–Crippen LogP) is 6.74. The van der Waals surface area contributed by atoms with Crippen LogP contribution in [0.25, 0.3) is 11.4 Å². The fourth-order valence-corrected chi connectivity index (χ4v) is 4.02. The number of rotatable bonds is 12. The molecule has 0 bridgehead atoms. The minimum atomic E-state index is -4.52. The van der Waals surface area contributed by atoms with E-state index in [1.54, 1.807) is 6.07 Å². The molecule has 1 aliphatic rings. The minimum absolute atomic E-state index is 0.0985. The highest BCUT2D eigenvalue weighted by atomic mass is 19.4. The number of ether oxygens (including phenoxy) is 1. The highest BCUT2D eigenvalue weighted by Gasteiger charge is 2.35. The van der Waals surface area contributed by atoms with E-state index in [0.29, 0.717) is 5.89 Å². The molecule has 1 unspecified atom stereocenters. The Kier molecular flexibility index (Phi) is 9.38. The van der Waals surface area contributed by atoms with Crippen molar-refractivity contribution in [3.63, 3.8) is 0 Å². The van der Waals surface area contributed by atoms with Gasteiger partial charge in [0.15, 0.2) is 0 Å². The summed E-state index contributed by atoms with van der Waals surface area (Å²) in [6.45, 7) is 4.15. The molecular weight excluding hydrogens is 419 g/mol. The van der Waals surface area contributed by atoms with Gasteiger partial charge in [0.1, 0.15) is 5.75 Å². The van der Waals surface area contributed by atoms with Crippen LogP contribution in [0.4, 0.5) is 13.2 Å². The van der Waals surface area contributed by atoms with E-state index in [-0.39, 0.29) is 29.7 Å². The number of hydrogen-bond donors (Lipinski definition) is 1. The predicted molar refractivity (Wildman–Crippen MR) is 118 cm³/mol. The van der Waals surface area contributed by atoms with Crippen molar-refractivity contribution in [1.29, 1.82) is 0 Å². The molecule has 0 aliphatic carbocycles. The zero-order valence-corrected chi connectivity index (χ0v) is 18.8. The van der Waals surface area contributed by atoms with Crippen LogP contribution >= 0.6 is 0 Å². The SMILES string of the molecule is CCCCCCCCCCOc1ccc(-c2noc(C3CCCNC3)n2)cc1C(F)(F)F. The molecule has 1 saturated heterocycles. The highest BCUT2D eigenvalue weighted by Crippen LogP contribution is 2.38. The standard InChI is InChI=1S/C24H34F3N3O2/c1-2-3-4-5-6-7-8-9-15-31-21-13-12-18(16-20(21)24(25,26)27)22-29-23(32-30-22)19-11-10-14-28-17-19/h12-13,16,19,28H,2-11,14-15,17H2,1H3. The molecule has 0 amide bonds. The molecule has 3 rings (SSSR count). The summed E-state index contributed by atoms with van der Waals surface area (Å²) in [6.07, 6.45) is 6.36. The third-order valence-electron chi connectivity index (χ3n) is 5.89. The van der Waals surface area contributed by atoms with Crippen LogP contribution in [0.2, 0.25) is 0 Å². The van der Waals surface area contributed by atoms with E-state index in [1.165, 1.54) is 38.2 Å². The Hall–Kier alpha value is -2.09. The monoisotopic (exact) mass is 453 g/mol. The van der Waals surface area contributed by atoms with E-state index < -0.39 is 11.7 Å². The second-order valence-electron chi connectivity index (χ2n) is 8.53. The van der Waals surface area contributed by atoms with E-state index in [0.717, 1.165) is 51.3 Å². The Bertz CT molecular complexity index is 817. The van der Waals surface area contributed by atoms with Gasteiger partial charge in [-0.25, -0.2) is 0 Å². The third kappa shape index (κ3) is 7.22. The Labute approximate surface area is 188 Å². The summed E-state index contributed by atoms with van der Waals surface area (Å²) >= 11 is 0.